The zero-order valence-electron chi connectivity index (χ0n) is 9.24. The van der Waals surface area contributed by atoms with Gasteiger partial charge in [-0.25, -0.2) is 0 Å². The van der Waals surface area contributed by atoms with Gasteiger partial charge in [-0.05, 0) is 17.5 Å². The van der Waals surface area contributed by atoms with E-state index < -0.39 is 0 Å². The number of rotatable bonds is 5. The summed E-state index contributed by atoms with van der Waals surface area (Å²) in [7, 11) is 0. The molecule has 0 aliphatic carbocycles. The second-order valence-corrected chi connectivity index (χ2v) is 5.00. The van der Waals surface area contributed by atoms with Crippen LogP contribution in [-0.2, 0) is 4.79 Å². The van der Waals surface area contributed by atoms with Crippen molar-refractivity contribution in [1.29, 1.82) is 0 Å². The Bertz CT molecular complexity index is 357. The Kier molecular flexibility index (Phi) is 5.91. The minimum atomic E-state index is 0.0808. The quantitative estimate of drug-likeness (QED) is 0.805. The predicted molar refractivity (Wildman–Crippen MR) is 74.0 cm³/mol. The number of thiol groups is 1. The van der Waals surface area contributed by atoms with Gasteiger partial charge in [0.1, 0.15) is 0 Å². The maximum absolute atomic E-state index is 11.5. The van der Waals surface area contributed by atoms with E-state index in [-0.39, 0.29) is 11.8 Å². The predicted octanol–water partition coefficient (Wildman–Crippen LogP) is 2.99. The van der Waals surface area contributed by atoms with Crippen LogP contribution < -0.4 is 5.32 Å². The van der Waals surface area contributed by atoms with Crippen LogP contribution in [-0.4, -0.2) is 18.2 Å². The van der Waals surface area contributed by atoms with Gasteiger partial charge in [0.15, 0.2) is 0 Å². The standard InChI is InChI=1S/C12H16BrNOS/c1-9(8-12(15)14-6-7-16)10-4-2-3-5-11(10)13/h2-5,9,16H,6-8H2,1H3,(H,14,15). The molecule has 0 heterocycles. The van der Waals surface area contributed by atoms with Crippen LogP contribution in [0.3, 0.4) is 0 Å². The summed E-state index contributed by atoms with van der Waals surface area (Å²) >= 11 is 7.55. The minimum Gasteiger partial charge on any atom is -0.355 e. The number of carbonyl (C=O) groups excluding carboxylic acids is 1. The van der Waals surface area contributed by atoms with Gasteiger partial charge in [0.05, 0.1) is 0 Å². The molecule has 4 heteroatoms. The second kappa shape index (κ2) is 6.97. The molecule has 1 amide bonds. The summed E-state index contributed by atoms with van der Waals surface area (Å²) in [6.07, 6.45) is 0.510. The van der Waals surface area contributed by atoms with Crippen molar-refractivity contribution in [2.75, 3.05) is 12.3 Å². The van der Waals surface area contributed by atoms with Crippen LogP contribution in [0.4, 0.5) is 0 Å². The van der Waals surface area contributed by atoms with Crippen molar-refractivity contribution in [2.45, 2.75) is 19.3 Å². The SMILES string of the molecule is CC(CC(=O)NCCS)c1ccccc1Br. The van der Waals surface area contributed by atoms with Gasteiger partial charge in [-0.3, -0.25) is 4.79 Å². The van der Waals surface area contributed by atoms with E-state index >= 15 is 0 Å². The third kappa shape index (κ3) is 4.18. The summed E-state index contributed by atoms with van der Waals surface area (Å²) < 4.78 is 1.06. The zero-order chi connectivity index (χ0) is 12.0. The number of amides is 1. The number of halogens is 1. The Morgan fingerprint density at radius 1 is 1.50 bits per heavy atom. The lowest BCUT2D eigenvalue weighted by Gasteiger charge is -2.13. The molecule has 0 fully saturated rings. The molecule has 0 saturated heterocycles. The molecule has 0 aliphatic heterocycles. The van der Waals surface area contributed by atoms with E-state index in [2.05, 4.69) is 40.8 Å². The lowest BCUT2D eigenvalue weighted by molar-refractivity contribution is -0.121. The normalized spacial score (nSPS) is 12.2. The molecule has 16 heavy (non-hydrogen) atoms. The molecule has 0 saturated carbocycles. The van der Waals surface area contributed by atoms with Crippen LogP contribution in [0.1, 0.15) is 24.8 Å². The molecule has 0 bridgehead atoms. The molecule has 2 nitrogen and oxygen atoms in total. The van der Waals surface area contributed by atoms with Gasteiger partial charge in [0.2, 0.25) is 5.91 Å². The first-order valence-electron chi connectivity index (χ1n) is 5.27. The van der Waals surface area contributed by atoms with E-state index in [4.69, 9.17) is 0 Å². The first-order valence-corrected chi connectivity index (χ1v) is 6.69. The van der Waals surface area contributed by atoms with Crippen LogP contribution in [0.2, 0.25) is 0 Å². The van der Waals surface area contributed by atoms with E-state index in [1.165, 1.54) is 5.56 Å². The van der Waals surface area contributed by atoms with Crippen molar-refractivity contribution >= 4 is 34.5 Å². The molecule has 0 aliphatic rings. The third-order valence-electron chi connectivity index (χ3n) is 2.36. The maximum atomic E-state index is 11.5. The number of hydrogen-bond donors (Lipinski definition) is 2. The first-order chi connectivity index (χ1) is 7.65. The average molecular weight is 302 g/mol. The Labute approximate surface area is 110 Å². The zero-order valence-corrected chi connectivity index (χ0v) is 11.7. The number of hydrogen-bond acceptors (Lipinski definition) is 2. The Morgan fingerprint density at radius 2 is 2.19 bits per heavy atom. The van der Waals surface area contributed by atoms with E-state index in [1.54, 1.807) is 0 Å². The highest BCUT2D eigenvalue weighted by Gasteiger charge is 2.12. The van der Waals surface area contributed by atoms with E-state index in [0.29, 0.717) is 18.7 Å². The summed E-state index contributed by atoms with van der Waals surface area (Å²) in [4.78, 5) is 11.5. The molecule has 0 radical (unpaired) electrons. The van der Waals surface area contributed by atoms with Crippen molar-refractivity contribution in [1.82, 2.24) is 5.32 Å². The van der Waals surface area contributed by atoms with Gasteiger partial charge in [-0.1, -0.05) is 41.1 Å². The minimum absolute atomic E-state index is 0.0808. The molecule has 0 spiro atoms. The molecular formula is C12H16BrNOS. The lowest BCUT2D eigenvalue weighted by atomic mass is 9.97. The molecule has 1 aromatic carbocycles. The van der Waals surface area contributed by atoms with Gasteiger partial charge < -0.3 is 5.32 Å². The monoisotopic (exact) mass is 301 g/mol. The summed E-state index contributed by atoms with van der Waals surface area (Å²) in [5, 5.41) is 2.82. The van der Waals surface area contributed by atoms with E-state index in [9.17, 15) is 4.79 Å². The highest BCUT2D eigenvalue weighted by molar-refractivity contribution is 9.10. The van der Waals surface area contributed by atoms with Crippen LogP contribution in [0.5, 0.6) is 0 Å². The molecular weight excluding hydrogens is 286 g/mol. The van der Waals surface area contributed by atoms with Gasteiger partial charge in [-0.15, -0.1) is 0 Å². The largest absolute Gasteiger partial charge is 0.355 e. The lowest BCUT2D eigenvalue weighted by Crippen LogP contribution is -2.26. The fourth-order valence-electron chi connectivity index (χ4n) is 1.53. The number of benzene rings is 1. The molecule has 1 N–H and O–H groups in total. The highest BCUT2D eigenvalue weighted by Crippen LogP contribution is 2.26. The van der Waals surface area contributed by atoms with Crippen LogP contribution in [0.25, 0.3) is 0 Å². The maximum Gasteiger partial charge on any atom is 0.220 e. The smallest absolute Gasteiger partial charge is 0.220 e. The summed E-state index contributed by atoms with van der Waals surface area (Å²) in [5.74, 6) is 0.975. The average Bonchev–Trinajstić information content (AvgIpc) is 2.26. The first kappa shape index (κ1) is 13.6. The van der Waals surface area contributed by atoms with Crippen LogP contribution in [0.15, 0.2) is 28.7 Å². The molecule has 1 atom stereocenters. The van der Waals surface area contributed by atoms with Gasteiger partial charge in [0.25, 0.3) is 0 Å². The number of carbonyl (C=O) groups is 1. The van der Waals surface area contributed by atoms with Crippen LogP contribution in [0, 0.1) is 0 Å². The molecule has 1 aromatic rings. The second-order valence-electron chi connectivity index (χ2n) is 3.70. The van der Waals surface area contributed by atoms with Crippen molar-refractivity contribution in [3.8, 4) is 0 Å². The highest BCUT2D eigenvalue weighted by atomic mass is 79.9. The topological polar surface area (TPSA) is 29.1 Å². The van der Waals surface area contributed by atoms with Crippen molar-refractivity contribution in [3.63, 3.8) is 0 Å². The number of nitrogens with one attached hydrogen (secondary N) is 1. The van der Waals surface area contributed by atoms with Gasteiger partial charge in [0, 0.05) is 23.2 Å². The van der Waals surface area contributed by atoms with Gasteiger partial charge >= 0.3 is 0 Å². The van der Waals surface area contributed by atoms with Crippen LogP contribution >= 0.6 is 28.6 Å². The fourth-order valence-corrected chi connectivity index (χ4v) is 2.32. The third-order valence-corrected chi connectivity index (χ3v) is 3.31. The molecule has 1 rings (SSSR count). The fraction of sp³-hybridized carbons (Fsp3) is 0.417. The Balaban J connectivity index is 2.55. The van der Waals surface area contributed by atoms with E-state index in [0.717, 1.165) is 4.47 Å². The summed E-state index contributed by atoms with van der Waals surface area (Å²) in [6.45, 7) is 2.69. The van der Waals surface area contributed by atoms with Crippen molar-refractivity contribution < 1.29 is 4.79 Å². The van der Waals surface area contributed by atoms with Crippen molar-refractivity contribution in [2.24, 2.45) is 0 Å². The molecule has 88 valence electrons. The summed E-state index contributed by atoms with van der Waals surface area (Å²) in [5.41, 5.74) is 1.17. The summed E-state index contributed by atoms with van der Waals surface area (Å²) in [6, 6.07) is 8.00. The Morgan fingerprint density at radius 3 is 2.81 bits per heavy atom. The Hall–Kier alpha value is -0.480. The van der Waals surface area contributed by atoms with Gasteiger partial charge in [-0.2, -0.15) is 12.6 Å². The molecule has 0 aromatic heterocycles. The van der Waals surface area contributed by atoms with Crippen molar-refractivity contribution in [3.05, 3.63) is 34.3 Å². The van der Waals surface area contributed by atoms with E-state index in [1.807, 2.05) is 24.3 Å². The molecule has 1 unspecified atom stereocenters.